The van der Waals surface area contributed by atoms with Crippen LogP contribution in [0, 0.1) is 5.92 Å². The maximum Gasteiger partial charge on any atom is 0.323 e. The first-order valence-corrected chi connectivity index (χ1v) is 9.55. The van der Waals surface area contributed by atoms with Crippen molar-refractivity contribution in [1.82, 2.24) is 0 Å². The number of hydrogen-bond acceptors (Lipinski definition) is 2. The average Bonchev–Trinajstić information content (AvgIpc) is 3.55. The molecule has 0 saturated heterocycles. The maximum absolute atomic E-state index is 12.1. The van der Waals surface area contributed by atoms with Crippen LogP contribution in [-0.2, 0) is 0 Å². The molecule has 0 unspecified atom stereocenters. The van der Waals surface area contributed by atoms with E-state index < -0.39 is 0 Å². The number of halogens is 1. The summed E-state index contributed by atoms with van der Waals surface area (Å²) < 4.78 is 0. The molecule has 1 saturated carbocycles. The van der Waals surface area contributed by atoms with E-state index in [-0.39, 0.29) is 17.7 Å². The van der Waals surface area contributed by atoms with Gasteiger partial charge in [0.2, 0.25) is 0 Å². The highest BCUT2D eigenvalue weighted by Crippen LogP contribution is 2.33. The summed E-state index contributed by atoms with van der Waals surface area (Å²) in [6.45, 7) is 0. The van der Waals surface area contributed by atoms with Crippen LogP contribution in [0.2, 0.25) is 5.02 Å². The van der Waals surface area contributed by atoms with E-state index in [9.17, 15) is 9.59 Å². The van der Waals surface area contributed by atoms with Crippen molar-refractivity contribution in [3.05, 3.63) is 83.4 Å². The Hall–Kier alpha value is -3.11. The number of para-hydroxylation sites is 1. The fraction of sp³-hybridized carbons (Fsp3) is 0.130. The van der Waals surface area contributed by atoms with E-state index in [2.05, 4.69) is 10.6 Å². The fourth-order valence-corrected chi connectivity index (χ4v) is 3.18. The molecule has 0 radical (unpaired) electrons. The number of carbonyl (C=O) groups is 2. The number of carbonyl (C=O) groups excluding carboxylic acids is 2. The number of Topliss-reactive ketones (excluding diaryl/α,β-unsaturated/α-hetero) is 1. The zero-order chi connectivity index (χ0) is 19.5. The summed E-state index contributed by atoms with van der Waals surface area (Å²) in [5.74, 6) is 0.476. The molecule has 1 aliphatic rings. The lowest BCUT2D eigenvalue weighted by molar-refractivity contribution is 0.0967. The number of hydrogen-bond donors (Lipinski definition) is 2. The van der Waals surface area contributed by atoms with Gasteiger partial charge in [-0.25, -0.2) is 4.79 Å². The smallest absolute Gasteiger partial charge is 0.308 e. The number of ketones is 1. The lowest BCUT2D eigenvalue weighted by atomic mass is 10.0. The van der Waals surface area contributed by atoms with Crippen molar-refractivity contribution in [2.45, 2.75) is 12.8 Å². The van der Waals surface area contributed by atoms with E-state index in [0.29, 0.717) is 16.4 Å². The molecule has 3 aromatic rings. The lowest BCUT2D eigenvalue weighted by Crippen LogP contribution is -2.19. The van der Waals surface area contributed by atoms with Crippen LogP contribution in [0.3, 0.4) is 0 Å². The zero-order valence-electron chi connectivity index (χ0n) is 15.1. The number of amides is 2. The molecule has 3 aromatic carbocycles. The minimum atomic E-state index is -0.358. The minimum Gasteiger partial charge on any atom is -0.308 e. The second-order valence-corrected chi connectivity index (χ2v) is 7.26. The predicted octanol–water partition coefficient (Wildman–Crippen LogP) is 6.24. The van der Waals surface area contributed by atoms with Crippen LogP contribution in [0.25, 0.3) is 11.1 Å². The maximum atomic E-state index is 12.1. The van der Waals surface area contributed by atoms with Gasteiger partial charge in [0.25, 0.3) is 0 Å². The highest BCUT2D eigenvalue weighted by Gasteiger charge is 2.30. The van der Waals surface area contributed by atoms with E-state index >= 15 is 0 Å². The van der Waals surface area contributed by atoms with Gasteiger partial charge in [-0.3, -0.25) is 4.79 Å². The summed E-state index contributed by atoms with van der Waals surface area (Å²) in [6, 6.07) is 21.9. The second kappa shape index (κ2) is 7.87. The molecular formula is C23H19ClN2O2. The minimum absolute atomic E-state index is 0.230. The normalized spacial score (nSPS) is 13.0. The van der Waals surface area contributed by atoms with Gasteiger partial charge in [-0.15, -0.1) is 0 Å². The highest BCUT2D eigenvalue weighted by molar-refractivity contribution is 6.33. The predicted molar refractivity (Wildman–Crippen MR) is 113 cm³/mol. The van der Waals surface area contributed by atoms with Crippen LogP contribution in [0.1, 0.15) is 23.2 Å². The van der Waals surface area contributed by atoms with Crippen molar-refractivity contribution in [1.29, 1.82) is 0 Å². The van der Waals surface area contributed by atoms with Crippen LogP contribution in [0.4, 0.5) is 16.2 Å². The molecule has 1 aliphatic carbocycles. The summed E-state index contributed by atoms with van der Waals surface area (Å²) in [5, 5.41) is 5.99. The van der Waals surface area contributed by atoms with E-state index in [0.717, 1.165) is 29.5 Å². The first-order chi connectivity index (χ1) is 13.6. The van der Waals surface area contributed by atoms with Gasteiger partial charge in [0.05, 0.1) is 10.7 Å². The number of rotatable bonds is 5. The van der Waals surface area contributed by atoms with Crippen molar-refractivity contribution in [3.63, 3.8) is 0 Å². The van der Waals surface area contributed by atoms with Gasteiger partial charge in [-0.2, -0.15) is 0 Å². The molecule has 1 fully saturated rings. The molecule has 0 heterocycles. The molecule has 0 aliphatic heterocycles. The zero-order valence-corrected chi connectivity index (χ0v) is 15.9. The molecule has 0 aromatic heterocycles. The number of benzene rings is 3. The summed E-state index contributed by atoms with van der Waals surface area (Å²) in [6.07, 6.45) is 2.03. The SMILES string of the molecule is O=C(Nc1ccc(-c2ccc(C(=O)C3CC3)cc2)cc1)Nc1ccccc1Cl. The molecule has 140 valence electrons. The molecule has 0 atom stereocenters. The quantitative estimate of drug-likeness (QED) is 0.506. The summed E-state index contributed by atoms with van der Waals surface area (Å²) in [7, 11) is 0. The van der Waals surface area contributed by atoms with Gasteiger partial charge in [0.1, 0.15) is 0 Å². The number of nitrogens with one attached hydrogen (secondary N) is 2. The van der Waals surface area contributed by atoms with Crippen molar-refractivity contribution in [3.8, 4) is 11.1 Å². The fourth-order valence-electron chi connectivity index (χ4n) is 3.00. The van der Waals surface area contributed by atoms with Crippen LogP contribution in [0.15, 0.2) is 72.8 Å². The molecule has 0 bridgehead atoms. The molecule has 0 spiro atoms. The first-order valence-electron chi connectivity index (χ1n) is 9.17. The Morgan fingerprint density at radius 1 is 0.786 bits per heavy atom. The van der Waals surface area contributed by atoms with Crippen LogP contribution >= 0.6 is 11.6 Å². The van der Waals surface area contributed by atoms with Crippen LogP contribution in [-0.4, -0.2) is 11.8 Å². The molecule has 4 nitrogen and oxygen atoms in total. The third-order valence-corrected chi connectivity index (χ3v) is 5.05. The van der Waals surface area contributed by atoms with Crippen LogP contribution in [0.5, 0.6) is 0 Å². The van der Waals surface area contributed by atoms with Crippen LogP contribution < -0.4 is 10.6 Å². The van der Waals surface area contributed by atoms with Crippen molar-refractivity contribution < 1.29 is 9.59 Å². The standard InChI is InChI=1S/C23H19ClN2O2/c24-20-3-1-2-4-21(20)26-23(28)25-19-13-11-16(12-14-19)15-5-7-17(8-6-15)22(27)18-9-10-18/h1-8,11-14,18H,9-10H2,(H2,25,26,28). The molecule has 2 N–H and O–H groups in total. The Morgan fingerprint density at radius 3 is 2.00 bits per heavy atom. The van der Waals surface area contributed by atoms with Crippen molar-refractivity contribution >= 4 is 34.8 Å². The van der Waals surface area contributed by atoms with Gasteiger partial charge in [-0.1, -0.05) is 60.1 Å². The third kappa shape index (κ3) is 4.24. The third-order valence-electron chi connectivity index (χ3n) is 4.72. The first kappa shape index (κ1) is 18.3. The topological polar surface area (TPSA) is 58.2 Å². The lowest BCUT2D eigenvalue weighted by Gasteiger charge is -2.10. The highest BCUT2D eigenvalue weighted by atomic mass is 35.5. The summed E-state index contributed by atoms with van der Waals surface area (Å²) >= 11 is 6.05. The van der Waals surface area contributed by atoms with Crippen molar-refractivity contribution in [2.24, 2.45) is 5.92 Å². The number of urea groups is 1. The Balaban J connectivity index is 1.40. The Bertz CT molecular complexity index is 1010. The van der Waals surface area contributed by atoms with Gasteiger partial charge in [-0.05, 0) is 48.2 Å². The average molecular weight is 391 g/mol. The second-order valence-electron chi connectivity index (χ2n) is 6.85. The molecule has 2 amide bonds. The van der Waals surface area contributed by atoms with E-state index in [1.165, 1.54) is 0 Å². The molecule has 5 heteroatoms. The van der Waals surface area contributed by atoms with Gasteiger partial charge >= 0.3 is 6.03 Å². The van der Waals surface area contributed by atoms with E-state index in [1.54, 1.807) is 24.3 Å². The molecular weight excluding hydrogens is 372 g/mol. The molecule has 4 rings (SSSR count). The monoisotopic (exact) mass is 390 g/mol. The van der Waals surface area contributed by atoms with E-state index in [4.69, 9.17) is 11.6 Å². The number of anilines is 2. The Kier molecular flexibility index (Phi) is 5.13. The summed E-state index contributed by atoms with van der Waals surface area (Å²) in [4.78, 5) is 24.2. The van der Waals surface area contributed by atoms with E-state index in [1.807, 2.05) is 48.5 Å². The molecule has 28 heavy (non-hydrogen) atoms. The van der Waals surface area contributed by atoms with Gasteiger partial charge in [0.15, 0.2) is 5.78 Å². The van der Waals surface area contributed by atoms with Gasteiger partial charge < -0.3 is 10.6 Å². The Labute approximate surface area is 168 Å². The van der Waals surface area contributed by atoms with Gasteiger partial charge in [0, 0.05) is 17.2 Å². The largest absolute Gasteiger partial charge is 0.323 e. The Morgan fingerprint density at radius 2 is 1.39 bits per heavy atom. The van der Waals surface area contributed by atoms with Crippen molar-refractivity contribution in [2.75, 3.05) is 10.6 Å². The summed E-state index contributed by atoms with van der Waals surface area (Å²) in [5.41, 5.74) is 4.05.